The topological polar surface area (TPSA) is 86.1 Å². The van der Waals surface area contributed by atoms with Gasteiger partial charge in [-0.2, -0.15) is 0 Å². The lowest BCUT2D eigenvalue weighted by Crippen LogP contribution is -2.16. The summed E-state index contributed by atoms with van der Waals surface area (Å²) in [5.41, 5.74) is 2.53. The van der Waals surface area contributed by atoms with Crippen LogP contribution in [0, 0.1) is 6.92 Å². The molecule has 1 N–H and O–H groups in total. The van der Waals surface area contributed by atoms with Crippen LogP contribution >= 0.6 is 23.1 Å². The van der Waals surface area contributed by atoms with Crippen molar-refractivity contribution in [3.8, 4) is 11.4 Å². The number of nitrogens with one attached hydrogen (secondary N) is 1. The predicted molar refractivity (Wildman–Crippen MR) is 120 cm³/mol. The molecular formula is C21H24N4O3S2. The maximum Gasteiger partial charge on any atom is 0.340 e. The summed E-state index contributed by atoms with van der Waals surface area (Å²) in [6.45, 7) is 6.75. The highest BCUT2D eigenvalue weighted by Gasteiger charge is 2.19. The Morgan fingerprint density at radius 3 is 2.67 bits per heavy atom. The number of hydrogen-bond donors (Lipinski definition) is 1. The number of thioether (sulfide) groups is 1. The Morgan fingerprint density at radius 1 is 1.23 bits per heavy atom. The van der Waals surface area contributed by atoms with E-state index in [-0.39, 0.29) is 11.7 Å². The molecule has 0 fully saturated rings. The number of esters is 1. The molecule has 7 nitrogen and oxygen atoms in total. The van der Waals surface area contributed by atoms with E-state index in [0.717, 1.165) is 28.2 Å². The van der Waals surface area contributed by atoms with Crippen LogP contribution in [0.5, 0.6) is 0 Å². The second-order valence-corrected chi connectivity index (χ2v) is 8.58. The monoisotopic (exact) mass is 444 g/mol. The molecule has 0 aliphatic carbocycles. The van der Waals surface area contributed by atoms with Crippen molar-refractivity contribution in [2.75, 3.05) is 18.2 Å². The molecule has 158 valence electrons. The number of carbonyl (C=O) groups is 2. The van der Waals surface area contributed by atoms with Crippen molar-refractivity contribution in [1.29, 1.82) is 0 Å². The first-order valence-electron chi connectivity index (χ1n) is 9.61. The van der Waals surface area contributed by atoms with E-state index in [1.54, 1.807) is 6.07 Å². The van der Waals surface area contributed by atoms with Gasteiger partial charge >= 0.3 is 5.97 Å². The van der Waals surface area contributed by atoms with Crippen molar-refractivity contribution in [2.45, 2.75) is 38.9 Å². The van der Waals surface area contributed by atoms with Gasteiger partial charge in [0.1, 0.15) is 5.00 Å². The standard InChI is InChI=1S/C21H24N4O3S2/c1-5-14-11-16(20(27)28-4)19(30-14)22-17(26)12-29-21-24-23-18(25(21)6-2)15-10-8-7-9-13(15)3/h7-11H,5-6,12H2,1-4H3,(H,22,26). The van der Waals surface area contributed by atoms with Crippen molar-refractivity contribution in [2.24, 2.45) is 0 Å². The highest BCUT2D eigenvalue weighted by Crippen LogP contribution is 2.30. The Kier molecular flexibility index (Phi) is 7.28. The zero-order valence-electron chi connectivity index (χ0n) is 17.4. The van der Waals surface area contributed by atoms with Crippen LogP contribution in [0.3, 0.4) is 0 Å². The molecule has 1 aromatic carbocycles. The summed E-state index contributed by atoms with van der Waals surface area (Å²) in [6.07, 6.45) is 0.778. The third-order valence-electron chi connectivity index (χ3n) is 4.54. The Hall–Kier alpha value is -2.65. The molecule has 0 saturated heterocycles. The molecule has 0 saturated carbocycles. The zero-order chi connectivity index (χ0) is 21.7. The Morgan fingerprint density at radius 2 is 2.00 bits per heavy atom. The second kappa shape index (κ2) is 9.90. The average molecular weight is 445 g/mol. The first-order chi connectivity index (χ1) is 14.5. The molecule has 3 aromatic rings. The number of thiophene rings is 1. The van der Waals surface area contributed by atoms with Crippen molar-refractivity contribution in [1.82, 2.24) is 14.8 Å². The minimum absolute atomic E-state index is 0.159. The molecule has 30 heavy (non-hydrogen) atoms. The van der Waals surface area contributed by atoms with Crippen molar-refractivity contribution >= 4 is 40.0 Å². The van der Waals surface area contributed by atoms with Crippen LogP contribution < -0.4 is 5.32 Å². The van der Waals surface area contributed by atoms with Gasteiger partial charge in [0, 0.05) is 17.0 Å². The van der Waals surface area contributed by atoms with Crippen molar-refractivity contribution < 1.29 is 14.3 Å². The van der Waals surface area contributed by atoms with E-state index < -0.39 is 5.97 Å². The van der Waals surface area contributed by atoms with Gasteiger partial charge < -0.3 is 14.6 Å². The zero-order valence-corrected chi connectivity index (χ0v) is 19.0. The van der Waals surface area contributed by atoms with Gasteiger partial charge in [0.25, 0.3) is 0 Å². The normalized spacial score (nSPS) is 10.8. The summed E-state index contributed by atoms with van der Waals surface area (Å²) in [5, 5.41) is 12.7. The number of hydrogen-bond acceptors (Lipinski definition) is 7. The number of amides is 1. The number of carbonyl (C=O) groups excluding carboxylic acids is 2. The van der Waals surface area contributed by atoms with Crippen molar-refractivity contribution in [3.63, 3.8) is 0 Å². The maximum absolute atomic E-state index is 12.5. The predicted octanol–water partition coefficient (Wildman–Crippen LogP) is 4.41. The molecule has 0 spiro atoms. The van der Waals surface area contributed by atoms with Gasteiger partial charge in [0.2, 0.25) is 5.91 Å². The van der Waals surface area contributed by atoms with Crippen LogP contribution in [0.15, 0.2) is 35.5 Å². The maximum atomic E-state index is 12.5. The average Bonchev–Trinajstić information content (AvgIpc) is 3.35. The molecular weight excluding hydrogens is 420 g/mol. The quantitative estimate of drug-likeness (QED) is 0.409. The molecule has 2 aromatic heterocycles. The summed E-state index contributed by atoms with van der Waals surface area (Å²) in [5.74, 6) is 0.281. The van der Waals surface area contributed by atoms with Crippen molar-refractivity contribution in [3.05, 3.63) is 46.3 Å². The fourth-order valence-corrected chi connectivity index (χ4v) is 4.77. The number of aromatic nitrogens is 3. The lowest BCUT2D eigenvalue weighted by Gasteiger charge is -2.09. The SMILES string of the molecule is CCc1cc(C(=O)OC)c(NC(=O)CSc2nnc(-c3ccccc3C)n2CC)s1. The molecule has 0 unspecified atom stereocenters. The third-order valence-corrected chi connectivity index (χ3v) is 6.70. The van der Waals surface area contributed by atoms with Gasteiger partial charge in [-0.25, -0.2) is 4.79 Å². The fraction of sp³-hybridized carbons (Fsp3) is 0.333. The molecule has 0 bridgehead atoms. The summed E-state index contributed by atoms with van der Waals surface area (Å²) < 4.78 is 6.82. The molecule has 3 rings (SSSR count). The van der Waals surface area contributed by atoms with E-state index in [1.165, 1.54) is 30.2 Å². The van der Waals surface area contributed by atoms with E-state index in [1.807, 2.05) is 49.6 Å². The van der Waals surface area contributed by atoms with Crippen LogP contribution in [0.1, 0.15) is 34.6 Å². The van der Waals surface area contributed by atoms with Gasteiger partial charge in [-0.05, 0) is 31.9 Å². The molecule has 9 heteroatoms. The van der Waals surface area contributed by atoms with E-state index >= 15 is 0 Å². The largest absolute Gasteiger partial charge is 0.465 e. The smallest absolute Gasteiger partial charge is 0.340 e. The molecule has 0 atom stereocenters. The molecule has 0 radical (unpaired) electrons. The number of rotatable bonds is 8. The highest BCUT2D eigenvalue weighted by atomic mass is 32.2. The van der Waals surface area contributed by atoms with Gasteiger partial charge in [-0.15, -0.1) is 21.5 Å². The van der Waals surface area contributed by atoms with Gasteiger partial charge in [-0.1, -0.05) is 43.0 Å². The first-order valence-corrected chi connectivity index (χ1v) is 11.4. The van der Waals surface area contributed by atoms with Crippen LogP contribution in [0.4, 0.5) is 5.00 Å². The van der Waals surface area contributed by atoms with Crippen LogP contribution in [0.2, 0.25) is 0 Å². The van der Waals surface area contributed by atoms with Gasteiger partial charge in [0.05, 0.1) is 18.4 Å². The van der Waals surface area contributed by atoms with E-state index in [2.05, 4.69) is 15.5 Å². The minimum atomic E-state index is -0.456. The molecule has 1 amide bonds. The molecule has 0 aliphatic heterocycles. The fourth-order valence-electron chi connectivity index (χ4n) is 2.97. The number of aryl methyl sites for hydroxylation is 2. The van der Waals surface area contributed by atoms with Crippen LogP contribution in [-0.4, -0.2) is 39.5 Å². The Bertz CT molecular complexity index is 1060. The second-order valence-electron chi connectivity index (χ2n) is 6.50. The van der Waals surface area contributed by atoms with E-state index in [0.29, 0.717) is 22.3 Å². The highest BCUT2D eigenvalue weighted by molar-refractivity contribution is 7.99. The third kappa shape index (κ3) is 4.73. The molecule has 0 aliphatic rings. The number of methoxy groups -OCH3 is 1. The summed E-state index contributed by atoms with van der Waals surface area (Å²) in [6, 6.07) is 9.78. The lowest BCUT2D eigenvalue weighted by atomic mass is 10.1. The van der Waals surface area contributed by atoms with Gasteiger partial charge in [0.15, 0.2) is 11.0 Å². The summed E-state index contributed by atoms with van der Waals surface area (Å²) in [4.78, 5) is 25.5. The Labute approximate surface area is 183 Å². The first kappa shape index (κ1) is 22.0. The van der Waals surface area contributed by atoms with E-state index in [9.17, 15) is 9.59 Å². The number of nitrogens with zero attached hydrogens (tertiary/aromatic N) is 3. The van der Waals surface area contributed by atoms with Crippen LogP contribution in [0.25, 0.3) is 11.4 Å². The number of benzene rings is 1. The van der Waals surface area contributed by atoms with Gasteiger partial charge in [-0.3, -0.25) is 4.79 Å². The summed E-state index contributed by atoms with van der Waals surface area (Å²) >= 11 is 2.71. The lowest BCUT2D eigenvalue weighted by molar-refractivity contribution is -0.113. The number of ether oxygens (including phenoxy) is 1. The van der Waals surface area contributed by atoms with E-state index in [4.69, 9.17) is 4.74 Å². The van der Waals surface area contributed by atoms with Crippen LogP contribution in [-0.2, 0) is 22.5 Å². The Balaban J connectivity index is 1.72. The molecule has 2 heterocycles. The minimum Gasteiger partial charge on any atom is -0.465 e. The number of anilines is 1. The summed E-state index contributed by atoms with van der Waals surface area (Å²) in [7, 11) is 1.33.